The predicted octanol–water partition coefficient (Wildman–Crippen LogP) is 2.67. The lowest BCUT2D eigenvalue weighted by atomic mass is 9.97. The van der Waals surface area contributed by atoms with Crippen molar-refractivity contribution in [3.05, 3.63) is 70.4 Å². The quantitative estimate of drug-likeness (QED) is 0.625. The average Bonchev–Trinajstić information content (AvgIpc) is 2.64. The van der Waals surface area contributed by atoms with E-state index in [0.29, 0.717) is 19.0 Å². The van der Waals surface area contributed by atoms with Crippen molar-refractivity contribution in [1.82, 2.24) is 9.47 Å². The monoisotopic (exact) mass is 356 g/mol. The number of pyridine rings is 1. The number of carbonyl (C=O) groups is 2. The molecule has 0 aliphatic carbocycles. The van der Waals surface area contributed by atoms with Crippen molar-refractivity contribution in [3.63, 3.8) is 0 Å². The second-order valence-electron chi connectivity index (χ2n) is 6.73. The Morgan fingerprint density at radius 2 is 1.73 bits per heavy atom. The zero-order valence-corrected chi connectivity index (χ0v) is 14.6. The van der Waals surface area contributed by atoms with Gasteiger partial charge in [-0.15, -0.1) is 0 Å². The van der Waals surface area contributed by atoms with Gasteiger partial charge in [0.15, 0.2) is 11.8 Å². The molecule has 0 N–H and O–H groups in total. The lowest BCUT2D eigenvalue weighted by molar-refractivity contribution is -0.134. The molecule has 136 valence electrons. The Morgan fingerprint density at radius 1 is 1.08 bits per heavy atom. The number of halogens is 1. The Morgan fingerprint density at radius 3 is 2.35 bits per heavy atom. The maximum atomic E-state index is 13.2. The Hall–Kier alpha value is -2.76. The number of hydrogen-bond acceptors (Lipinski definition) is 3. The van der Waals surface area contributed by atoms with Crippen LogP contribution in [0.5, 0.6) is 0 Å². The number of amides is 1. The average molecular weight is 356 g/mol. The lowest BCUT2D eigenvalue weighted by Gasteiger charge is -2.33. The first-order valence-electron chi connectivity index (χ1n) is 8.73. The number of likely N-dealkylation sites (tertiary alicyclic amines) is 1. The van der Waals surface area contributed by atoms with Crippen LogP contribution >= 0.6 is 0 Å². The van der Waals surface area contributed by atoms with E-state index >= 15 is 0 Å². The van der Waals surface area contributed by atoms with Gasteiger partial charge in [-0.3, -0.25) is 19.0 Å². The highest BCUT2D eigenvalue weighted by Crippen LogP contribution is 2.22. The van der Waals surface area contributed by atoms with Crippen LogP contribution in [0.3, 0.4) is 0 Å². The molecular formula is C20H21FN2O3. The number of hydrogen-bond donors (Lipinski definition) is 0. The van der Waals surface area contributed by atoms with Crippen molar-refractivity contribution in [1.29, 1.82) is 0 Å². The maximum Gasteiger partial charge on any atom is 0.253 e. The first-order chi connectivity index (χ1) is 12.5. The third-order valence-electron chi connectivity index (χ3n) is 4.84. The van der Waals surface area contributed by atoms with Gasteiger partial charge in [0.2, 0.25) is 0 Å². The van der Waals surface area contributed by atoms with Crippen LogP contribution in [-0.4, -0.2) is 34.2 Å². The molecule has 0 bridgehead atoms. The van der Waals surface area contributed by atoms with E-state index in [2.05, 4.69) is 6.92 Å². The Bertz CT molecular complexity index is 852. The van der Waals surface area contributed by atoms with Gasteiger partial charge in [-0.05, 0) is 49.1 Å². The van der Waals surface area contributed by atoms with Gasteiger partial charge in [0.05, 0.1) is 0 Å². The molecule has 0 saturated carbocycles. The van der Waals surface area contributed by atoms with Crippen LogP contribution in [0.1, 0.15) is 36.2 Å². The summed E-state index contributed by atoms with van der Waals surface area (Å²) >= 11 is 0. The summed E-state index contributed by atoms with van der Waals surface area (Å²) < 4.78 is 14.3. The molecule has 1 aromatic carbocycles. The second-order valence-corrected chi connectivity index (χ2v) is 6.73. The molecule has 1 aliphatic heterocycles. The van der Waals surface area contributed by atoms with E-state index < -0.39 is 23.2 Å². The van der Waals surface area contributed by atoms with E-state index in [1.165, 1.54) is 36.5 Å². The Labute approximate surface area is 151 Å². The summed E-state index contributed by atoms with van der Waals surface area (Å²) in [6.07, 6.45) is 3.18. The molecule has 1 atom stereocenters. The van der Waals surface area contributed by atoms with Gasteiger partial charge >= 0.3 is 0 Å². The van der Waals surface area contributed by atoms with Gasteiger partial charge in [0, 0.05) is 30.9 Å². The predicted molar refractivity (Wildman–Crippen MR) is 95.4 cm³/mol. The number of nitrogens with zero attached hydrogens (tertiary/aromatic N) is 2. The van der Waals surface area contributed by atoms with Crippen molar-refractivity contribution in [2.45, 2.75) is 25.8 Å². The number of Topliss-reactive ketones (excluding diaryl/α,β-unsaturated/α-hetero) is 1. The fourth-order valence-electron chi connectivity index (χ4n) is 3.18. The standard InChI is InChI=1S/C20H21FN2O3/c1-14-9-12-22(13-10-14)20(26)18(23-11-3-2-4-17(23)24)19(25)15-5-7-16(21)8-6-15/h2-8,11,14,18H,9-10,12-13H2,1H3/t18-/m1/s1. The molecule has 0 unspecified atom stereocenters. The topological polar surface area (TPSA) is 59.4 Å². The van der Waals surface area contributed by atoms with E-state index in [1.807, 2.05) is 0 Å². The highest BCUT2D eigenvalue weighted by atomic mass is 19.1. The van der Waals surface area contributed by atoms with Gasteiger partial charge in [-0.25, -0.2) is 4.39 Å². The summed E-state index contributed by atoms with van der Waals surface area (Å²) in [5.41, 5.74) is -0.224. The van der Waals surface area contributed by atoms with Gasteiger partial charge < -0.3 is 4.90 Å². The second kappa shape index (κ2) is 7.64. The Kier molecular flexibility index (Phi) is 5.30. The molecule has 1 saturated heterocycles. The number of piperidine rings is 1. The largest absolute Gasteiger partial charge is 0.340 e. The molecule has 2 aromatic rings. The highest BCUT2D eigenvalue weighted by Gasteiger charge is 2.34. The summed E-state index contributed by atoms with van der Waals surface area (Å²) in [7, 11) is 0. The smallest absolute Gasteiger partial charge is 0.253 e. The minimum absolute atomic E-state index is 0.200. The van der Waals surface area contributed by atoms with Crippen LogP contribution in [0, 0.1) is 11.7 Å². The number of aromatic nitrogens is 1. The number of benzene rings is 1. The van der Waals surface area contributed by atoms with E-state index in [9.17, 15) is 18.8 Å². The summed E-state index contributed by atoms with van der Waals surface area (Å²) in [6, 6.07) is 8.23. The zero-order valence-electron chi connectivity index (χ0n) is 14.6. The summed E-state index contributed by atoms with van der Waals surface area (Å²) in [5.74, 6) is -0.836. The number of ketones is 1. The molecule has 1 aliphatic rings. The minimum atomic E-state index is -1.28. The van der Waals surface area contributed by atoms with E-state index in [4.69, 9.17) is 0 Å². The van der Waals surface area contributed by atoms with Gasteiger partial charge in [-0.1, -0.05) is 13.0 Å². The first-order valence-corrected chi connectivity index (χ1v) is 8.73. The van der Waals surface area contributed by atoms with Crippen molar-refractivity contribution in [3.8, 4) is 0 Å². The molecule has 3 rings (SSSR count). The van der Waals surface area contributed by atoms with Crippen molar-refractivity contribution in [2.75, 3.05) is 13.1 Å². The van der Waals surface area contributed by atoms with E-state index in [1.54, 1.807) is 17.0 Å². The molecular weight excluding hydrogens is 335 g/mol. The summed E-state index contributed by atoms with van der Waals surface area (Å²) in [5, 5.41) is 0. The Balaban J connectivity index is 1.98. The molecule has 1 fully saturated rings. The summed E-state index contributed by atoms with van der Waals surface area (Å²) in [6.45, 7) is 3.26. The zero-order chi connectivity index (χ0) is 18.7. The van der Waals surface area contributed by atoms with E-state index in [0.717, 1.165) is 17.4 Å². The normalized spacial score (nSPS) is 16.3. The first kappa shape index (κ1) is 18.0. The van der Waals surface area contributed by atoms with Crippen LogP contribution in [0.15, 0.2) is 53.5 Å². The summed E-state index contributed by atoms with van der Waals surface area (Å²) in [4.78, 5) is 40.1. The molecule has 26 heavy (non-hydrogen) atoms. The van der Waals surface area contributed by atoms with Crippen molar-refractivity contribution >= 4 is 11.7 Å². The highest BCUT2D eigenvalue weighted by molar-refractivity contribution is 6.11. The molecule has 1 amide bonds. The minimum Gasteiger partial charge on any atom is -0.340 e. The van der Waals surface area contributed by atoms with Crippen LogP contribution in [0.25, 0.3) is 0 Å². The van der Waals surface area contributed by atoms with Crippen molar-refractivity contribution < 1.29 is 14.0 Å². The van der Waals surface area contributed by atoms with Gasteiger partial charge in [0.1, 0.15) is 5.82 Å². The molecule has 0 radical (unpaired) electrons. The fourth-order valence-corrected chi connectivity index (χ4v) is 3.18. The van der Waals surface area contributed by atoms with E-state index in [-0.39, 0.29) is 11.5 Å². The molecule has 1 aromatic heterocycles. The third kappa shape index (κ3) is 3.74. The molecule has 0 spiro atoms. The van der Waals surface area contributed by atoms with Gasteiger partial charge in [0.25, 0.3) is 11.5 Å². The van der Waals surface area contributed by atoms with Crippen LogP contribution in [0.4, 0.5) is 4.39 Å². The lowest BCUT2D eigenvalue weighted by Crippen LogP contribution is -2.46. The van der Waals surface area contributed by atoms with Crippen molar-refractivity contribution in [2.24, 2.45) is 5.92 Å². The fraction of sp³-hybridized carbons (Fsp3) is 0.350. The molecule has 5 nitrogen and oxygen atoms in total. The number of rotatable bonds is 4. The van der Waals surface area contributed by atoms with Crippen LogP contribution in [0.2, 0.25) is 0 Å². The number of carbonyl (C=O) groups excluding carboxylic acids is 2. The van der Waals surface area contributed by atoms with Crippen LogP contribution in [-0.2, 0) is 4.79 Å². The third-order valence-corrected chi connectivity index (χ3v) is 4.84. The van der Waals surface area contributed by atoms with Gasteiger partial charge in [-0.2, -0.15) is 0 Å². The molecule has 2 heterocycles. The maximum absolute atomic E-state index is 13.2. The SMILES string of the molecule is CC1CCN(C(=O)[C@@H](C(=O)c2ccc(F)cc2)n2ccccc2=O)CC1. The van der Waals surface area contributed by atoms with Crippen LogP contribution < -0.4 is 5.56 Å². The molecule has 6 heteroatoms.